The standard InChI is InChI=1S/C41H40F5N3O3S/c1-27-6-15-34-36(22-27)49(39(23-37(34)50)53-26-31-4-3-5-35(42)40(31)43)25-38(51)48(33-16-18-47(19-17-33)20-21-52-2)24-28-7-9-29(10-8-28)30-11-13-32(14-12-30)41(44,45)46/h3-15,22-23,33H,16-21,24-26H2,1-2H3/i6D,15D,21D2,22D,23D,24D2,25D2. The average Bonchev–Trinajstić information content (AvgIpc) is 3.24. The van der Waals surface area contributed by atoms with Crippen LogP contribution in [0.2, 0.25) is 0 Å². The van der Waals surface area contributed by atoms with Gasteiger partial charge in [0.05, 0.1) is 36.4 Å². The van der Waals surface area contributed by atoms with Crippen LogP contribution in [0.15, 0.2) is 101 Å². The third-order valence-electron chi connectivity index (χ3n) is 8.65. The van der Waals surface area contributed by atoms with Crippen LogP contribution in [0.4, 0.5) is 22.0 Å². The van der Waals surface area contributed by atoms with E-state index in [0.29, 0.717) is 32.4 Å². The number of hydrogen-bond acceptors (Lipinski definition) is 5. The highest BCUT2D eigenvalue weighted by atomic mass is 32.2. The normalized spacial score (nSPS) is 17.7. The lowest BCUT2D eigenvalue weighted by Gasteiger charge is -2.39. The largest absolute Gasteiger partial charge is 0.416 e. The molecule has 1 amide bonds. The van der Waals surface area contributed by atoms with Crippen molar-refractivity contribution < 1.29 is 45.2 Å². The molecule has 0 bridgehead atoms. The van der Waals surface area contributed by atoms with Crippen molar-refractivity contribution in [3.63, 3.8) is 0 Å². The van der Waals surface area contributed by atoms with Gasteiger partial charge in [0.25, 0.3) is 0 Å². The minimum absolute atomic E-state index is 0.0261. The second-order valence-corrected chi connectivity index (χ2v) is 13.2. The Morgan fingerprint density at radius 2 is 1.68 bits per heavy atom. The van der Waals surface area contributed by atoms with E-state index in [1.54, 1.807) is 4.90 Å². The quantitative estimate of drug-likeness (QED) is 0.0942. The number of benzene rings is 4. The van der Waals surface area contributed by atoms with E-state index in [2.05, 4.69) is 0 Å². The predicted octanol–water partition coefficient (Wildman–Crippen LogP) is 8.71. The van der Waals surface area contributed by atoms with Gasteiger partial charge in [-0.2, -0.15) is 13.2 Å². The van der Waals surface area contributed by atoms with Gasteiger partial charge in [0, 0.05) is 62.0 Å². The molecule has 0 spiro atoms. The summed E-state index contributed by atoms with van der Waals surface area (Å²) >= 11 is 0.464. The number of ether oxygens (including phenoxy) is 1. The van der Waals surface area contributed by atoms with E-state index in [9.17, 15) is 32.2 Å². The van der Waals surface area contributed by atoms with E-state index in [-0.39, 0.29) is 49.2 Å². The fourth-order valence-corrected chi connectivity index (χ4v) is 6.77. The Balaban J connectivity index is 1.51. The highest BCUT2D eigenvalue weighted by Crippen LogP contribution is 2.32. The number of amides is 1. The van der Waals surface area contributed by atoms with E-state index in [0.717, 1.165) is 18.2 Å². The van der Waals surface area contributed by atoms with Crippen LogP contribution in [-0.4, -0.2) is 59.6 Å². The van der Waals surface area contributed by atoms with Crippen molar-refractivity contribution in [2.24, 2.45) is 0 Å². The second-order valence-electron chi connectivity index (χ2n) is 12.2. The van der Waals surface area contributed by atoms with Crippen molar-refractivity contribution in [3.8, 4) is 11.1 Å². The van der Waals surface area contributed by atoms with Gasteiger partial charge < -0.3 is 19.1 Å². The SMILES string of the molecule is [2H]c1c(C)c([2H])c2c(c1[2H])c(=O)c([2H])c(SCc1cccc(F)c1F)n2C([2H])([2H])C(=O)N(C1CCN(CC([2H])([2H])OC)CC1)C([2H])([2H])c1ccc(-c2ccc(C(F)(F)F)cc2)cc1. The molecule has 0 aliphatic carbocycles. The molecule has 12 heteroatoms. The Labute approximate surface area is 323 Å². The number of alkyl halides is 3. The maximum absolute atomic E-state index is 15.3. The zero-order chi connectivity index (χ0) is 46.6. The van der Waals surface area contributed by atoms with Gasteiger partial charge in [0.1, 0.15) is 6.50 Å². The lowest BCUT2D eigenvalue weighted by Crippen LogP contribution is -2.48. The fraction of sp³-hybridized carbons (Fsp3) is 0.317. The summed E-state index contributed by atoms with van der Waals surface area (Å²) in [6.45, 7) is -7.23. The van der Waals surface area contributed by atoms with Gasteiger partial charge in [-0.05, 0) is 72.3 Å². The molecule has 1 aliphatic rings. The van der Waals surface area contributed by atoms with Crippen LogP contribution in [0.3, 0.4) is 0 Å². The Kier molecular flexibility index (Phi) is 8.52. The summed E-state index contributed by atoms with van der Waals surface area (Å²) in [6.07, 6.45) is -4.63. The molecule has 5 aromatic rings. The van der Waals surface area contributed by atoms with Crippen molar-refractivity contribution in [1.29, 1.82) is 0 Å². The van der Waals surface area contributed by atoms with Crippen LogP contribution < -0.4 is 5.43 Å². The second kappa shape index (κ2) is 16.7. The van der Waals surface area contributed by atoms with Crippen LogP contribution in [0.5, 0.6) is 0 Å². The van der Waals surface area contributed by atoms with Crippen LogP contribution >= 0.6 is 11.8 Å². The van der Waals surface area contributed by atoms with Gasteiger partial charge in [-0.25, -0.2) is 8.78 Å². The number of methoxy groups -OCH3 is 1. The van der Waals surface area contributed by atoms with E-state index in [1.165, 1.54) is 62.6 Å². The van der Waals surface area contributed by atoms with E-state index in [4.69, 9.17) is 13.0 Å². The summed E-state index contributed by atoms with van der Waals surface area (Å²) in [5, 5.41) is -1.38. The molecule has 2 heterocycles. The molecule has 6 rings (SSSR count). The topological polar surface area (TPSA) is 54.8 Å². The number of hydrogen-bond donors (Lipinski definition) is 0. The van der Waals surface area contributed by atoms with E-state index >= 15 is 4.79 Å². The molecule has 6 nitrogen and oxygen atoms in total. The molecule has 53 heavy (non-hydrogen) atoms. The van der Waals surface area contributed by atoms with Crippen LogP contribution in [0, 0.1) is 18.6 Å². The highest BCUT2D eigenvalue weighted by molar-refractivity contribution is 7.98. The van der Waals surface area contributed by atoms with Crippen molar-refractivity contribution in [1.82, 2.24) is 14.4 Å². The number of nitrogens with zero attached hydrogens (tertiary/aromatic N) is 3. The molecule has 278 valence electrons. The smallest absolute Gasteiger partial charge is 0.383 e. The van der Waals surface area contributed by atoms with E-state index < -0.39 is 106 Å². The van der Waals surface area contributed by atoms with Gasteiger partial charge in [0.15, 0.2) is 17.1 Å². The summed E-state index contributed by atoms with van der Waals surface area (Å²) in [7, 11) is 1.19. The molecular formula is C41H40F5N3O3S. The lowest BCUT2D eigenvalue weighted by molar-refractivity contribution is -0.137. The number of aromatic nitrogens is 1. The van der Waals surface area contributed by atoms with Crippen molar-refractivity contribution in [2.45, 2.75) is 55.8 Å². The van der Waals surface area contributed by atoms with Crippen molar-refractivity contribution >= 4 is 28.6 Å². The van der Waals surface area contributed by atoms with Gasteiger partial charge in [-0.15, -0.1) is 11.8 Å². The first-order chi connectivity index (χ1) is 29.3. The maximum Gasteiger partial charge on any atom is 0.416 e. The Morgan fingerprint density at radius 3 is 2.34 bits per heavy atom. The third-order valence-corrected chi connectivity index (χ3v) is 9.66. The third kappa shape index (κ3) is 9.17. The maximum atomic E-state index is 15.3. The highest BCUT2D eigenvalue weighted by Gasteiger charge is 2.31. The lowest BCUT2D eigenvalue weighted by atomic mass is 10.00. The molecule has 1 saturated heterocycles. The average molecular weight is 760 g/mol. The zero-order valence-electron chi connectivity index (χ0n) is 38.5. The molecule has 1 aliphatic heterocycles. The van der Waals surface area contributed by atoms with Crippen molar-refractivity contribution in [2.75, 3.05) is 33.3 Å². The van der Waals surface area contributed by atoms with Crippen LogP contribution in [0.25, 0.3) is 22.0 Å². The summed E-state index contributed by atoms with van der Waals surface area (Å²) in [4.78, 5) is 31.4. The van der Waals surface area contributed by atoms with Crippen LogP contribution in [0.1, 0.15) is 48.8 Å². The van der Waals surface area contributed by atoms with Gasteiger partial charge in [-0.1, -0.05) is 54.6 Å². The van der Waals surface area contributed by atoms with Crippen molar-refractivity contribution in [3.05, 3.63) is 135 Å². The Hall–Kier alpha value is -4.52. The molecule has 0 unspecified atom stereocenters. The molecule has 4 aromatic carbocycles. The molecule has 0 N–H and O–H groups in total. The zero-order valence-corrected chi connectivity index (χ0v) is 29.4. The molecule has 0 saturated carbocycles. The summed E-state index contributed by atoms with van der Waals surface area (Å²) in [5.41, 5.74) is -2.67. The van der Waals surface area contributed by atoms with Gasteiger partial charge >= 0.3 is 6.18 Å². The molecule has 0 radical (unpaired) electrons. The fourth-order valence-electron chi connectivity index (χ4n) is 5.83. The number of thioether (sulfide) groups is 1. The van der Waals surface area contributed by atoms with E-state index in [1.807, 2.05) is 0 Å². The first kappa shape index (κ1) is 27.1. The number of rotatable bonds is 12. The molecular weight excluding hydrogens is 710 g/mol. The molecule has 0 atom stereocenters. The summed E-state index contributed by atoms with van der Waals surface area (Å²) < 4.78 is 164. The number of carbonyl (C=O) groups is 1. The minimum Gasteiger partial charge on any atom is -0.383 e. The minimum atomic E-state index is -4.58. The number of pyridine rings is 1. The number of likely N-dealkylation sites (tertiary alicyclic amines) is 1. The van der Waals surface area contributed by atoms with Gasteiger partial charge in [0.2, 0.25) is 5.91 Å². The number of piperidine rings is 1. The van der Waals surface area contributed by atoms with Gasteiger partial charge in [-0.3, -0.25) is 9.59 Å². The number of fused-ring (bicyclic) bond motifs is 1. The van der Waals surface area contributed by atoms with Crippen LogP contribution in [-0.2, 0) is 34.5 Å². The predicted molar refractivity (Wildman–Crippen MR) is 198 cm³/mol. The number of carbonyl (C=O) groups excluding carboxylic acids is 1. The molecule has 1 fully saturated rings. The summed E-state index contributed by atoms with van der Waals surface area (Å²) in [6, 6.07) is 8.78. The molecule has 1 aromatic heterocycles. The number of halogens is 5. The monoisotopic (exact) mass is 759 g/mol. The first-order valence-corrected chi connectivity index (χ1v) is 17.4. The Morgan fingerprint density at radius 1 is 1.00 bits per heavy atom. The Bertz CT molecular complexity index is 2610. The summed E-state index contributed by atoms with van der Waals surface area (Å²) in [5.74, 6) is -4.60. The first-order valence-electron chi connectivity index (χ1n) is 21.4.